The van der Waals surface area contributed by atoms with E-state index in [1.165, 1.54) is 25.7 Å². The molecular formula is C22H30O2S2. The molecule has 0 radical (unpaired) electrons. The third kappa shape index (κ3) is 2.36. The van der Waals surface area contributed by atoms with Crippen LogP contribution in [0.4, 0.5) is 0 Å². The summed E-state index contributed by atoms with van der Waals surface area (Å²) in [7, 11) is 0. The van der Waals surface area contributed by atoms with Crippen LogP contribution in [-0.2, 0) is 4.79 Å². The van der Waals surface area contributed by atoms with Crippen molar-refractivity contribution in [2.24, 2.45) is 35.0 Å². The number of hydrogen-bond donors (Lipinski definition) is 1. The number of carbonyl (C=O) groups is 1. The predicted octanol–water partition coefficient (Wildman–Crippen LogP) is 5.95. The van der Waals surface area contributed by atoms with Crippen LogP contribution in [0.5, 0.6) is 0 Å². The summed E-state index contributed by atoms with van der Waals surface area (Å²) >= 11 is 4.34. The Morgan fingerprint density at radius 3 is 2.69 bits per heavy atom. The molecule has 0 aromatic carbocycles. The van der Waals surface area contributed by atoms with Crippen molar-refractivity contribution in [3.8, 4) is 0 Å². The first-order chi connectivity index (χ1) is 12.3. The maximum atomic E-state index is 11.8. The zero-order valence-corrected chi connectivity index (χ0v) is 17.7. The average molecular weight is 391 g/mol. The van der Waals surface area contributed by atoms with Gasteiger partial charge in [-0.05, 0) is 75.0 Å². The third-order valence-electron chi connectivity index (χ3n) is 8.34. The van der Waals surface area contributed by atoms with Crippen molar-refractivity contribution in [2.45, 2.75) is 68.0 Å². The van der Waals surface area contributed by atoms with Gasteiger partial charge in [-0.15, -0.1) is 23.5 Å². The van der Waals surface area contributed by atoms with Crippen LogP contribution in [0, 0.1) is 35.0 Å². The van der Waals surface area contributed by atoms with Crippen LogP contribution >= 0.6 is 23.5 Å². The smallest absolute Gasteiger partial charge is 0.331 e. The summed E-state index contributed by atoms with van der Waals surface area (Å²) in [6.07, 6.45) is 11.9. The lowest BCUT2D eigenvalue weighted by molar-refractivity contribution is -0.135. The Balaban J connectivity index is 1.44. The first-order valence-corrected chi connectivity index (χ1v) is 12.1. The van der Waals surface area contributed by atoms with E-state index < -0.39 is 5.97 Å². The van der Waals surface area contributed by atoms with Crippen molar-refractivity contribution in [3.05, 3.63) is 23.3 Å². The SMILES string of the molecule is CC1SC2(C=C3C[C@@H](C)[C@@H]4[C@H](CC[C@]5(C)C(C(=O)O)=CC[C@H]45)[C@H]3CC2)S1. The largest absolute Gasteiger partial charge is 0.478 e. The highest BCUT2D eigenvalue weighted by Crippen LogP contribution is 2.67. The number of fused-ring (bicyclic) bond motifs is 5. The van der Waals surface area contributed by atoms with Gasteiger partial charge >= 0.3 is 5.97 Å². The third-order valence-corrected chi connectivity index (χ3v) is 11.6. The maximum Gasteiger partial charge on any atom is 0.331 e. The van der Waals surface area contributed by atoms with Crippen LogP contribution < -0.4 is 0 Å². The Kier molecular flexibility index (Phi) is 3.97. The molecule has 1 heterocycles. The number of allylic oxidation sites excluding steroid dienone is 2. The van der Waals surface area contributed by atoms with Gasteiger partial charge in [-0.2, -0.15) is 0 Å². The highest BCUT2D eigenvalue weighted by Gasteiger charge is 2.58. The summed E-state index contributed by atoms with van der Waals surface area (Å²) in [5, 5.41) is 9.70. The molecule has 1 saturated heterocycles. The zero-order chi connectivity index (χ0) is 18.3. The molecule has 26 heavy (non-hydrogen) atoms. The fourth-order valence-electron chi connectivity index (χ4n) is 7.38. The van der Waals surface area contributed by atoms with Gasteiger partial charge in [0.05, 0.1) is 8.66 Å². The number of aliphatic carboxylic acids is 1. The molecule has 3 fully saturated rings. The Morgan fingerprint density at radius 2 is 2.00 bits per heavy atom. The molecule has 5 rings (SSSR count). The Morgan fingerprint density at radius 1 is 1.23 bits per heavy atom. The van der Waals surface area contributed by atoms with E-state index in [2.05, 4.69) is 56.4 Å². The Hall–Kier alpha value is -0.350. The van der Waals surface area contributed by atoms with Gasteiger partial charge in [0.2, 0.25) is 0 Å². The molecule has 0 unspecified atom stereocenters. The summed E-state index contributed by atoms with van der Waals surface area (Å²) in [6, 6.07) is 0. The second kappa shape index (κ2) is 5.83. The fourth-order valence-corrected chi connectivity index (χ4v) is 11.0. The van der Waals surface area contributed by atoms with Crippen molar-refractivity contribution < 1.29 is 9.90 Å². The minimum atomic E-state index is -0.676. The van der Waals surface area contributed by atoms with Gasteiger partial charge in [0, 0.05) is 11.0 Å². The molecule has 0 amide bonds. The lowest BCUT2D eigenvalue weighted by Gasteiger charge is -2.57. The molecular weight excluding hydrogens is 360 g/mol. The number of hydrogen-bond acceptors (Lipinski definition) is 3. The van der Waals surface area contributed by atoms with Crippen molar-refractivity contribution in [1.29, 1.82) is 0 Å². The molecule has 5 aliphatic rings. The molecule has 142 valence electrons. The summed E-state index contributed by atoms with van der Waals surface area (Å²) < 4.78 is 1.15. The van der Waals surface area contributed by atoms with Gasteiger partial charge in [-0.25, -0.2) is 4.79 Å². The van der Waals surface area contributed by atoms with Gasteiger partial charge in [0.25, 0.3) is 0 Å². The molecule has 2 nitrogen and oxygen atoms in total. The van der Waals surface area contributed by atoms with Crippen LogP contribution in [0.3, 0.4) is 0 Å². The van der Waals surface area contributed by atoms with E-state index in [1.54, 1.807) is 5.57 Å². The van der Waals surface area contributed by atoms with Crippen LogP contribution in [-0.4, -0.2) is 19.7 Å². The van der Waals surface area contributed by atoms with Crippen molar-refractivity contribution in [1.82, 2.24) is 0 Å². The number of carboxylic acid groups (broad SMARTS) is 1. The summed E-state index contributed by atoms with van der Waals surface area (Å²) in [4.78, 5) is 11.8. The summed E-state index contributed by atoms with van der Waals surface area (Å²) in [6.45, 7) is 7.03. The van der Waals surface area contributed by atoms with E-state index in [0.717, 1.165) is 29.3 Å². The average Bonchev–Trinajstić information content (AvgIpc) is 2.90. The Bertz CT molecular complexity index is 705. The monoisotopic (exact) mass is 390 g/mol. The molecule has 0 aromatic heterocycles. The molecule has 2 saturated carbocycles. The molecule has 0 bridgehead atoms. The number of thioether (sulfide) groups is 2. The van der Waals surface area contributed by atoms with Crippen LogP contribution in [0.2, 0.25) is 0 Å². The van der Waals surface area contributed by atoms with Gasteiger partial charge in [-0.3, -0.25) is 0 Å². The Labute approximate surface area is 165 Å². The minimum Gasteiger partial charge on any atom is -0.478 e. The maximum absolute atomic E-state index is 11.8. The quantitative estimate of drug-likeness (QED) is 0.562. The normalized spacial score (nSPS) is 52.3. The predicted molar refractivity (Wildman–Crippen MR) is 110 cm³/mol. The topological polar surface area (TPSA) is 37.3 Å². The van der Waals surface area contributed by atoms with Crippen LogP contribution in [0.1, 0.15) is 59.3 Å². The first-order valence-electron chi connectivity index (χ1n) is 10.3. The zero-order valence-electron chi connectivity index (χ0n) is 16.0. The highest BCUT2D eigenvalue weighted by atomic mass is 32.3. The van der Waals surface area contributed by atoms with Gasteiger partial charge in [0.15, 0.2) is 0 Å². The van der Waals surface area contributed by atoms with Gasteiger partial charge in [-0.1, -0.05) is 31.6 Å². The van der Waals surface area contributed by atoms with E-state index in [9.17, 15) is 9.90 Å². The lowest BCUT2D eigenvalue weighted by atomic mass is 9.49. The number of carboxylic acids is 1. The van der Waals surface area contributed by atoms with E-state index in [0.29, 0.717) is 27.4 Å². The van der Waals surface area contributed by atoms with Crippen molar-refractivity contribution in [2.75, 3.05) is 0 Å². The van der Waals surface area contributed by atoms with Gasteiger partial charge in [0.1, 0.15) is 0 Å². The fraction of sp³-hybridized carbons (Fsp3) is 0.773. The lowest BCUT2D eigenvalue weighted by Crippen LogP contribution is -2.50. The highest BCUT2D eigenvalue weighted by molar-refractivity contribution is 8.34. The number of rotatable bonds is 1. The standard InChI is InChI=1S/C22H30O2S2/c1-12-10-14-11-22(25-13(2)26-22)9-7-15(14)16-6-8-21(3)17(19(12)16)4-5-18(21)20(23)24/h5,11-13,15-17,19H,4,6-10H2,1-3H3,(H,23,24)/t12-,13?,15+,16-,17-,19-,21+,22?/m1/s1. The molecule has 1 aliphatic heterocycles. The van der Waals surface area contributed by atoms with Crippen molar-refractivity contribution >= 4 is 29.5 Å². The molecule has 1 N–H and O–H groups in total. The first kappa shape index (κ1) is 17.7. The minimum absolute atomic E-state index is 0.0898. The molecule has 1 spiro atoms. The molecule has 6 atom stereocenters. The second-order valence-electron chi connectivity index (χ2n) is 9.62. The second-order valence-corrected chi connectivity index (χ2v) is 13.5. The molecule has 4 heteroatoms. The molecule has 0 aromatic rings. The van der Waals surface area contributed by atoms with E-state index in [-0.39, 0.29) is 5.41 Å². The van der Waals surface area contributed by atoms with E-state index >= 15 is 0 Å². The van der Waals surface area contributed by atoms with E-state index in [1.807, 2.05) is 0 Å². The summed E-state index contributed by atoms with van der Waals surface area (Å²) in [5.41, 5.74) is 2.38. The van der Waals surface area contributed by atoms with Gasteiger partial charge < -0.3 is 5.11 Å². The van der Waals surface area contributed by atoms with E-state index in [4.69, 9.17) is 0 Å². The van der Waals surface area contributed by atoms with Crippen molar-refractivity contribution in [3.63, 3.8) is 0 Å². The van der Waals surface area contributed by atoms with Crippen LogP contribution in [0.15, 0.2) is 23.3 Å². The summed E-state index contributed by atoms with van der Waals surface area (Å²) in [5.74, 6) is 2.83. The molecule has 4 aliphatic carbocycles. The van der Waals surface area contributed by atoms with Crippen LogP contribution in [0.25, 0.3) is 0 Å².